The van der Waals surface area contributed by atoms with Crippen LogP contribution in [0, 0.1) is 19.9 Å². The van der Waals surface area contributed by atoms with Crippen LogP contribution in [-0.4, -0.2) is 17.6 Å². The molecule has 0 saturated carbocycles. The Morgan fingerprint density at radius 3 is 1.36 bits per heavy atom. The molecule has 0 aliphatic carbocycles. The maximum absolute atomic E-state index is 13.2. The molecule has 0 unspecified atom stereocenters. The predicted octanol–water partition coefficient (Wildman–Crippen LogP) is 9.08. The molecule has 0 fully saturated rings. The average molecular weight is 765 g/mol. The van der Waals surface area contributed by atoms with Crippen molar-refractivity contribution in [3.05, 3.63) is 105 Å². The topological polar surface area (TPSA) is 44.0 Å². The van der Waals surface area contributed by atoms with E-state index < -0.39 is 29.1 Å². The third-order valence-electron chi connectivity index (χ3n) is 7.49. The van der Waals surface area contributed by atoms with Crippen molar-refractivity contribution < 1.29 is 27.7 Å². The molecule has 0 saturated heterocycles. The van der Waals surface area contributed by atoms with Gasteiger partial charge in [0.15, 0.2) is 0 Å². The van der Waals surface area contributed by atoms with E-state index in [4.69, 9.17) is 0 Å². The molecule has 0 aliphatic rings. The van der Waals surface area contributed by atoms with Gasteiger partial charge in [-0.05, 0) is 0 Å². The van der Waals surface area contributed by atoms with Crippen molar-refractivity contribution in [3.8, 4) is 20.8 Å². The summed E-state index contributed by atoms with van der Waals surface area (Å²) in [6.45, 7) is 19.8. The van der Waals surface area contributed by atoms with E-state index in [0.29, 0.717) is 23.7 Å². The zero-order valence-corrected chi connectivity index (χ0v) is 29.1. The normalized spacial score (nSPS) is 12.0. The summed E-state index contributed by atoms with van der Waals surface area (Å²) in [6.07, 6.45) is 4.30. The van der Waals surface area contributed by atoms with Crippen molar-refractivity contribution in [2.75, 3.05) is 0 Å². The second-order valence-electron chi connectivity index (χ2n) is 12.0. The quantitative estimate of drug-likeness (QED) is 0.139. The molecule has 0 spiro atoms. The summed E-state index contributed by atoms with van der Waals surface area (Å²) in [6, 6.07) is 20.1. The molecule has 1 aromatic heterocycles. The first kappa shape index (κ1) is 32.0. The predicted molar refractivity (Wildman–Crippen MR) is 171 cm³/mol. The maximum atomic E-state index is 13.2. The number of hydrogen-bond donors (Lipinski definition) is 0. The van der Waals surface area contributed by atoms with E-state index in [9.17, 15) is 8.42 Å². The van der Waals surface area contributed by atoms with E-state index in [1.807, 2.05) is 19.1 Å². The van der Waals surface area contributed by atoms with Gasteiger partial charge in [0.1, 0.15) is 0 Å². The van der Waals surface area contributed by atoms with E-state index in [1.165, 1.54) is 33.6 Å². The summed E-state index contributed by atoms with van der Waals surface area (Å²) in [5.41, 5.74) is 8.47. The number of sulfone groups is 1. The molecule has 42 heavy (non-hydrogen) atoms. The van der Waals surface area contributed by atoms with E-state index in [0.717, 1.165) is 9.19 Å². The third kappa shape index (κ3) is 6.68. The Hall–Kier alpha value is -2.88. The van der Waals surface area contributed by atoms with Gasteiger partial charge >= 0.3 is 263 Å². The van der Waals surface area contributed by atoms with Crippen LogP contribution in [0.25, 0.3) is 11.4 Å². The second-order valence-corrected chi connectivity index (χ2v) is 15.8. The van der Waals surface area contributed by atoms with E-state index >= 15 is 0 Å². The molecule has 6 heteroatoms. The number of imidazole rings is 1. The summed E-state index contributed by atoms with van der Waals surface area (Å²) in [5.74, 6) is 1.28. The monoisotopic (exact) mass is 764 g/mol. The van der Waals surface area contributed by atoms with Crippen molar-refractivity contribution in [2.24, 2.45) is 0 Å². The van der Waals surface area contributed by atoms with Crippen molar-refractivity contribution in [1.29, 1.82) is 0 Å². The van der Waals surface area contributed by atoms with Gasteiger partial charge in [0.25, 0.3) is 0 Å². The van der Waals surface area contributed by atoms with Crippen LogP contribution in [0.5, 0.6) is 0 Å². The molecule has 4 rings (SSSR count). The van der Waals surface area contributed by atoms with Crippen molar-refractivity contribution >= 4 is 9.84 Å². The van der Waals surface area contributed by atoms with Gasteiger partial charge in [-0.15, -0.1) is 0 Å². The van der Waals surface area contributed by atoms with Gasteiger partial charge in [0.05, 0.1) is 0 Å². The molecule has 0 bridgehead atoms. The Kier molecular flexibility index (Phi) is 10.1. The van der Waals surface area contributed by atoms with Crippen molar-refractivity contribution in [2.45, 2.75) is 90.9 Å². The van der Waals surface area contributed by atoms with Gasteiger partial charge in [0, 0.05) is 0 Å². The average Bonchev–Trinajstić information content (AvgIpc) is 3.35. The van der Waals surface area contributed by atoms with E-state index in [2.05, 4.69) is 123 Å². The molecule has 0 radical (unpaired) electrons. The number of aromatic nitrogens is 2. The molecular weight excluding hydrogens is 721 g/mol. The van der Waals surface area contributed by atoms with Gasteiger partial charge in [-0.3, -0.25) is 0 Å². The van der Waals surface area contributed by atoms with Crippen LogP contribution in [0.3, 0.4) is 0 Å². The summed E-state index contributed by atoms with van der Waals surface area (Å²) >= 11 is -0.888. The molecule has 0 N–H and O–H groups in total. The van der Waals surface area contributed by atoms with Gasteiger partial charge < -0.3 is 0 Å². The molecule has 3 aromatic carbocycles. The summed E-state index contributed by atoms with van der Waals surface area (Å²) in [5, 5.41) is 2.68. The Bertz CT molecular complexity index is 1670. The Balaban J connectivity index is 2.10. The van der Waals surface area contributed by atoms with Crippen molar-refractivity contribution in [3.63, 3.8) is 0 Å². The van der Waals surface area contributed by atoms with E-state index in [1.54, 1.807) is 12.1 Å². The summed E-state index contributed by atoms with van der Waals surface area (Å²) in [7, 11) is -3.73. The SMILES string of the molecule is Cc1ccc(S(=O)(=O)C#[C][Au]=[c]2n(-c3c(C(C)C)cccc3C(C)C)ccn2-c2c(C(C)C)cccc2C(C)C)cc1. The zero-order chi connectivity index (χ0) is 30.8. The molecule has 0 amide bonds. The Labute approximate surface area is 261 Å². The van der Waals surface area contributed by atoms with Gasteiger partial charge in [-0.1, -0.05) is 0 Å². The summed E-state index contributed by atoms with van der Waals surface area (Å²) < 4.78 is 35.2. The molecule has 4 aromatic rings. The fraction of sp³-hybridized carbons (Fsp3) is 0.361. The van der Waals surface area contributed by atoms with Crippen LogP contribution in [-0.2, 0) is 29.1 Å². The molecule has 1 heterocycles. The number of rotatable bonds is 7. The molecule has 0 aliphatic heterocycles. The van der Waals surface area contributed by atoms with Crippen molar-refractivity contribution in [1.82, 2.24) is 9.13 Å². The minimum absolute atomic E-state index is 0.241. The molecule has 226 valence electrons. The van der Waals surface area contributed by atoms with E-state index in [-0.39, 0.29) is 4.90 Å². The second kappa shape index (κ2) is 13.2. The number of benzene rings is 3. The standard InChI is InChI=1S/C27H36N2.C9H7O2S.Au/c1-18(2)22-11-9-12-23(19(3)4)26(22)28-15-16-29(17-28)27-24(20(5)6)13-10-14-25(27)21(7)8;1-3-12(10,11)9-6-4-8(2)5-7-9;/h9-16,18-21H,1-8H3;4-7H,2H3;. The van der Waals surface area contributed by atoms with Gasteiger partial charge in [-0.2, -0.15) is 0 Å². The third-order valence-corrected chi connectivity index (χ3v) is 11.2. The number of aryl methyl sites for hydroxylation is 1. The number of hydrogen-bond acceptors (Lipinski definition) is 2. The molecular formula is C36H43AuN2O2S. The van der Waals surface area contributed by atoms with Gasteiger partial charge in [0.2, 0.25) is 0 Å². The first-order valence-electron chi connectivity index (χ1n) is 14.6. The Morgan fingerprint density at radius 2 is 1.00 bits per heavy atom. The van der Waals surface area contributed by atoms with Gasteiger partial charge in [-0.25, -0.2) is 0 Å². The van der Waals surface area contributed by atoms with Crippen LogP contribution in [0.1, 0.15) is 107 Å². The van der Waals surface area contributed by atoms with Crippen LogP contribution in [0.15, 0.2) is 78.0 Å². The number of nitrogens with zero attached hydrogens (tertiary/aromatic N) is 2. The van der Waals surface area contributed by atoms with Crippen LogP contribution in [0.4, 0.5) is 0 Å². The first-order valence-corrected chi connectivity index (χ1v) is 18.3. The molecule has 0 atom stereocenters. The van der Waals surface area contributed by atoms with Crippen LogP contribution in [0.2, 0.25) is 0 Å². The number of para-hydroxylation sites is 2. The fourth-order valence-electron chi connectivity index (χ4n) is 5.20. The first-order chi connectivity index (χ1) is 19.8. The van der Waals surface area contributed by atoms with Crippen LogP contribution < -0.4 is 0 Å². The minimum atomic E-state index is -3.73. The zero-order valence-electron chi connectivity index (χ0n) is 26.2. The van der Waals surface area contributed by atoms with Crippen LogP contribution >= 0.6 is 0 Å². The molecule has 4 nitrogen and oxygen atoms in total. The Morgan fingerprint density at radius 1 is 0.619 bits per heavy atom. The summed E-state index contributed by atoms with van der Waals surface area (Å²) in [4.78, 5) is 0.241. The fourth-order valence-corrected chi connectivity index (χ4v) is 8.70.